The van der Waals surface area contributed by atoms with Crippen LogP contribution < -0.4 is 10.9 Å². The lowest BCUT2D eigenvalue weighted by Crippen LogP contribution is -2.30. The first kappa shape index (κ1) is 19.0. The maximum absolute atomic E-state index is 12.5. The number of hydrogen-bond donors (Lipinski definition) is 1. The van der Waals surface area contributed by atoms with Gasteiger partial charge in [0.2, 0.25) is 5.91 Å². The molecule has 1 N–H and O–H groups in total. The van der Waals surface area contributed by atoms with Crippen LogP contribution in [0, 0.1) is 6.92 Å². The predicted molar refractivity (Wildman–Crippen MR) is 111 cm³/mol. The van der Waals surface area contributed by atoms with Crippen LogP contribution in [0.3, 0.4) is 0 Å². The molecule has 0 fully saturated rings. The van der Waals surface area contributed by atoms with E-state index in [-0.39, 0.29) is 12.3 Å². The van der Waals surface area contributed by atoms with E-state index in [1.807, 2.05) is 43.3 Å². The molecule has 0 aliphatic heterocycles. The fourth-order valence-corrected chi connectivity index (χ4v) is 3.47. The van der Waals surface area contributed by atoms with E-state index in [1.165, 1.54) is 0 Å². The fourth-order valence-electron chi connectivity index (χ4n) is 3.47. The summed E-state index contributed by atoms with van der Waals surface area (Å²) >= 11 is 0. The normalized spacial score (nSPS) is 11.2. The third-order valence-corrected chi connectivity index (χ3v) is 5.03. The average Bonchev–Trinajstić information content (AvgIpc) is 3.13. The van der Waals surface area contributed by atoms with Crippen molar-refractivity contribution < 1.29 is 18.4 Å². The van der Waals surface area contributed by atoms with Crippen LogP contribution in [0.4, 0.5) is 0 Å². The summed E-state index contributed by atoms with van der Waals surface area (Å²) < 4.78 is 16.1. The number of nitrogens with one attached hydrogen (secondary N) is 1. The predicted octanol–water partition coefficient (Wildman–Crippen LogP) is 3.82. The molecule has 2 heterocycles. The van der Waals surface area contributed by atoms with E-state index < -0.39 is 5.63 Å². The minimum absolute atomic E-state index is 0.0389. The van der Waals surface area contributed by atoms with Gasteiger partial charge in [0.05, 0.1) is 24.9 Å². The number of carbonyl (C=O) groups excluding carboxylic acids is 1. The third kappa shape index (κ3) is 3.67. The number of furan rings is 1. The molecule has 0 unspecified atom stereocenters. The average molecular weight is 391 g/mol. The topological polar surface area (TPSA) is 81.7 Å². The summed E-state index contributed by atoms with van der Waals surface area (Å²) in [6.45, 7) is 2.65. The molecule has 2 aromatic heterocycles. The zero-order valence-electron chi connectivity index (χ0n) is 16.3. The Labute approximate surface area is 167 Å². The number of ether oxygens (including phenoxy) is 1. The molecule has 6 heteroatoms. The summed E-state index contributed by atoms with van der Waals surface area (Å²) in [5, 5.41) is 4.45. The lowest BCUT2D eigenvalue weighted by molar-refractivity contribution is -0.120. The number of fused-ring (bicyclic) bond motifs is 2. The summed E-state index contributed by atoms with van der Waals surface area (Å²) in [6.07, 6.45) is 1.67. The quantitative estimate of drug-likeness (QED) is 0.399. The van der Waals surface area contributed by atoms with Crippen molar-refractivity contribution in [2.24, 2.45) is 0 Å². The Hall–Kier alpha value is -3.38. The van der Waals surface area contributed by atoms with Crippen molar-refractivity contribution in [2.75, 3.05) is 20.3 Å². The Morgan fingerprint density at radius 2 is 1.90 bits per heavy atom. The Kier molecular flexibility index (Phi) is 5.18. The first-order valence-electron chi connectivity index (χ1n) is 9.37. The molecule has 0 aliphatic rings. The number of benzene rings is 2. The second-order valence-corrected chi connectivity index (χ2v) is 6.87. The highest BCUT2D eigenvalue weighted by atomic mass is 16.5. The van der Waals surface area contributed by atoms with Crippen molar-refractivity contribution in [2.45, 2.75) is 13.3 Å². The summed E-state index contributed by atoms with van der Waals surface area (Å²) in [5.74, 6) is -0.244. The molecule has 4 aromatic rings. The number of rotatable bonds is 6. The van der Waals surface area contributed by atoms with Gasteiger partial charge in [-0.05, 0) is 24.1 Å². The smallest absolute Gasteiger partial charge is 0.340 e. The molecule has 0 atom stereocenters. The molecule has 2 aromatic carbocycles. The number of carbonyl (C=O) groups is 1. The van der Waals surface area contributed by atoms with Crippen LogP contribution in [0.15, 0.2) is 62.4 Å². The Bertz CT molecular complexity index is 1240. The van der Waals surface area contributed by atoms with Crippen molar-refractivity contribution >= 4 is 27.8 Å². The Morgan fingerprint density at radius 1 is 1.10 bits per heavy atom. The van der Waals surface area contributed by atoms with Crippen LogP contribution in [-0.2, 0) is 16.0 Å². The third-order valence-electron chi connectivity index (χ3n) is 5.03. The summed E-state index contributed by atoms with van der Waals surface area (Å²) in [5.41, 5.74) is 3.68. The molecule has 0 radical (unpaired) electrons. The first-order valence-corrected chi connectivity index (χ1v) is 9.37. The summed E-state index contributed by atoms with van der Waals surface area (Å²) in [4.78, 5) is 24.7. The van der Waals surface area contributed by atoms with Crippen LogP contribution in [0.5, 0.6) is 0 Å². The molecule has 4 rings (SSSR count). The van der Waals surface area contributed by atoms with Crippen LogP contribution in [0.2, 0.25) is 0 Å². The van der Waals surface area contributed by atoms with Gasteiger partial charge in [-0.25, -0.2) is 4.79 Å². The van der Waals surface area contributed by atoms with Gasteiger partial charge in [0.1, 0.15) is 11.2 Å². The van der Waals surface area contributed by atoms with Crippen molar-refractivity contribution in [1.82, 2.24) is 5.32 Å². The number of amides is 1. The molecular weight excluding hydrogens is 370 g/mol. The maximum atomic E-state index is 12.5. The molecule has 0 saturated carbocycles. The lowest BCUT2D eigenvalue weighted by atomic mass is 9.99. The van der Waals surface area contributed by atoms with Crippen LogP contribution >= 0.6 is 0 Å². The highest BCUT2D eigenvalue weighted by molar-refractivity contribution is 6.02. The van der Waals surface area contributed by atoms with Gasteiger partial charge >= 0.3 is 5.63 Å². The van der Waals surface area contributed by atoms with E-state index in [0.717, 1.165) is 27.5 Å². The molecule has 1 amide bonds. The Morgan fingerprint density at radius 3 is 2.66 bits per heavy atom. The van der Waals surface area contributed by atoms with E-state index in [9.17, 15) is 9.59 Å². The van der Waals surface area contributed by atoms with E-state index in [2.05, 4.69) is 5.32 Å². The van der Waals surface area contributed by atoms with E-state index in [0.29, 0.717) is 29.9 Å². The van der Waals surface area contributed by atoms with Gasteiger partial charge < -0.3 is 18.9 Å². The van der Waals surface area contributed by atoms with E-state index >= 15 is 0 Å². The zero-order chi connectivity index (χ0) is 20.4. The van der Waals surface area contributed by atoms with Crippen LogP contribution in [-0.4, -0.2) is 26.2 Å². The zero-order valence-corrected chi connectivity index (χ0v) is 16.3. The van der Waals surface area contributed by atoms with Crippen molar-refractivity contribution in [3.63, 3.8) is 0 Å². The summed E-state index contributed by atoms with van der Waals surface area (Å²) in [7, 11) is 1.56. The van der Waals surface area contributed by atoms with Gasteiger partial charge in [0.15, 0.2) is 0 Å². The number of methoxy groups -OCH3 is 1. The van der Waals surface area contributed by atoms with Gasteiger partial charge in [-0.3, -0.25) is 4.79 Å². The highest BCUT2D eigenvalue weighted by Gasteiger charge is 2.17. The minimum Gasteiger partial charge on any atom is -0.464 e. The molecular formula is C23H21NO5. The van der Waals surface area contributed by atoms with Gasteiger partial charge in [0, 0.05) is 36.1 Å². The molecule has 0 aliphatic carbocycles. The van der Waals surface area contributed by atoms with Gasteiger partial charge in [-0.2, -0.15) is 0 Å². The minimum atomic E-state index is -0.508. The fraction of sp³-hybridized carbons (Fsp3) is 0.217. The van der Waals surface area contributed by atoms with Gasteiger partial charge in [-0.15, -0.1) is 0 Å². The van der Waals surface area contributed by atoms with Crippen LogP contribution in [0.1, 0.15) is 11.1 Å². The second-order valence-electron chi connectivity index (χ2n) is 6.87. The first-order chi connectivity index (χ1) is 14.1. The molecule has 29 heavy (non-hydrogen) atoms. The van der Waals surface area contributed by atoms with Gasteiger partial charge in [0.25, 0.3) is 0 Å². The van der Waals surface area contributed by atoms with E-state index in [1.54, 1.807) is 19.4 Å². The maximum Gasteiger partial charge on any atom is 0.340 e. The Balaban J connectivity index is 1.78. The number of hydrogen-bond acceptors (Lipinski definition) is 5. The number of aryl methyl sites for hydroxylation is 1. The van der Waals surface area contributed by atoms with Crippen molar-refractivity contribution in [3.05, 3.63) is 70.3 Å². The standard InChI is InChI=1S/C23H21NO5/c1-14-16-10-18-19(15-6-4-3-5-7-15)13-28-20(18)12-21(16)29-23(26)17(14)11-22(25)24-8-9-27-2/h3-7,10,12-13H,8-9,11H2,1-2H3,(H,24,25). The van der Waals surface area contributed by atoms with Gasteiger partial charge in [-0.1, -0.05) is 30.3 Å². The largest absolute Gasteiger partial charge is 0.464 e. The molecule has 0 spiro atoms. The molecule has 148 valence electrons. The summed E-state index contributed by atoms with van der Waals surface area (Å²) in [6, 6.07) is 13.6. The highest BCUT2D eigenvalue weighted by Crippen LogP contribution is 2.34. The lowest BCUT2D eigenvalue weighted by Gasteiger charge is -2.09. The monoisotopic (exact) mass is 391 g/mol. The molecule has 6 nitrogen and oxygen atoms in total. The molecule has 0 bridgehead atoms. The van der Waals surface area contributed by atoms with Crippen LogP contribution in [0.25, 0.3) is 33.1 Å². The van der Waals surface area contributed by atoms with E-state index in [4.69, 9.17) is 13.6 Å². The SMILES string of the molecule is COCCNC(=O)Cc1c(C)c2cc3c(-c4ccccc4)coc3cc2oc1=O. The van der Waals surface area contributed by atoms with Crippen molar-refractivity contribution in [1.29, 1.82) is 0 Å². The second kappa shape index (κ2) is 7.93. The molecule has 0 saturated heterocycles. The van der Waals surface area contributed by atoms with Crippen molar-refractivity contribution in [3.8, 4) is 11.1 Å².